The molecule has 0 aromatic heterocycles. The van der Waals surface area contributed by atoms with Gasteiger partial charge in [0.1, 0.15) is 12.4 Å². The van der Waals surface area contributed by atoms with E-state index in [-0.39, 0.29) is 36.1 Å². The van der Waals surface area contributed by atoms with E-state index in [2.05, 4.69) is 0 Å². The molecule has 2 aliphatic heterocycles. The number of amides is 3. The SMILES string of the molecule is CCOC(=O)C1CCCN(C(=O)CN2CCN(c3ccccc3F)C2=O)C1. The van der Waals surface area contributed by atoms with Gasteiger partial charge in [-0.2, -0.15) is 0 Å². The number of nitrogens with zero attached hydrogens (tertiary/aromatic N) is 3. The van der Waals surface area contributed by atoms with Gasteiger partial charge < -0.3 is 14.5 Å². The average molecular weight is 377 g/mol. The minimum atomic E-state index is -0.465. The van der Waals surface area contributed by atoms with Gasteiger partial charge >= 0.3 is 12.0 Å². The molecule has 3 amide bonds. The normalized spacial score (nSPS) is 20.1. The molecule has 8 heteroatoms. The molecule has 2 saturated heterocycles. The molecule has 0 radical (unpaired) electrons. The second-order valence-corrected chi connectivity index (χ2v) is 6.74. The Morgan fingerprint density at radius 1 is 1.22 bits per heavy atom. The lowest BCUT2D eigenvalue weighted by atomic mass is 9.98. The van der Waals surface area contributed by atoms with Gasteiger partial charge in [0.2, 0.25) is 5.91 Å². The van der Waals surface area contributed by atoms with E-state index in [1.165, 1.54) is 15.9 Å². The molecule has 0 saturated carbocycles. The van der Waals surface area contributed by atoms with E-state index < -0.39 is 5.82 Å². The highest BCUT2D eigenvalue weighted by atomic mass is 19.1. The molecule has 1 unspecified atom stereocenters. The predicted octanol–water partition coefficient (Wildman–Crippen LogP) is 1.87. The number of rotatable bonds is 5. The van der Waals surface area contributed by atoms with Crippen LogP contribution in [0.4, 0.5) is 14.9 Å². The van der Waals surface area contributed by atoms with Crippen LogP contribution in [0.5, 0.6) is 0 Å². The second-order valence-electron chi connectivity index (χ2n) is 6.74. The van der Waals surface area contributed by atoms with Gasteiger partial charge in [0, 0.05) is 26.2 Å². The van der Waals surface area contributed by atoms with Gasteiger partial charge in [-0.3, -0.25) is 14.5 Å². The highest BCUT2D eigenvalue weighted by molar-refractivity contribution is 5.96. The third-order valence-corrected chi connectivity index (χ3v) is 4.96. The summed E-state index contributed by atoms with van der Waals surface area (Å²) in [5, 5.41) is 0. The second kappa shape index (κ2) is 8.37. The number of hydrogen-bond acceptors (Lipinski definition) is 4. The molecule has 7 nitrogen and oxygen atoms in total. The van der Waals surface area contributed by atoms with Crippen molar-refractivity contribution >= 4 is 23.6 Å². The minimum absolute atomic E-state index is 0.0701. The van der Waals surface area contributed by atoms with E-state index >= 15 is 0 Å². The summed E-state index contributed by atoms with van der Waals surface area (Å²) in [6.45, 7) is 3.57. The number of urea groups is 1. The third kappa shape index (κ3) is 4.20. The number of benzene rings is 1. The van der Waals surface area contributed by atoms with Crippen LogP contribution in [0, 0.1) is 11.7 Å². The summed E-state index contributed by atoms with van der Waals surface area (Å²) in [6, 6.07) is 5.71. The third-order valence-electron chi connectivity index (χ3n) is 4.96. The number of ether oxygens (including phenoxy) is 1. The van der Waals surface area contributed by atoms with E-state index in [9.17, 15) is 18.8 Å². The van der Waals surface area contributed by atoms with Crippen molar-refractivity contribution < 1.29 is 23.5 Å². The van der Waals surface area contributed by atoms with Gasteiger partial charge in [0.15, 0.2) is 0 Å². The molecule has 2 fully saturated rings. The van der Waals surface area contributed by atoms with Crippen molar-refractivity contribution in [3.05, 3.63) is 30.1 Å². The molecular weight excluding hydrogens is 353 g/mol. The van der Waals surface area contributed by atoms with Gasteiger partial charge in [0.25, 0.3) is 0 Å². The number of carbonyl (C=O) groups is 3. The highest BCUT2D eigenvalue weighted by Gasteiger charge is 2.35. The maximum Gasteiger partial charge on any atom is 0.325 e. The molecule has 1 aromatic rings. The molecule has 27 heavy (non-hydrogen) atoms. The minimum Gasteiger partial charge on any atom is -0.466 e. The number of anilines is 1. The Kier molecular flexibility index (Phi) is 5.93. The zero-order chi connectivity index (χ0) is 19.4. The topological polar surface area (TPSA) is 70.2 Å². The van der Waals surface area contributed by atoms with Crippen molar-refractivity contribution in [3.63, 3.8) is 0 Å². The summed E-state index contributed by atoms with van der Waals surface area (Å²) in [4.78, 5) is 41.5. The Hall–Kier alpha value is -2.64. The summed E-state index contributed by atoms with van der Waals surface area (Å²) in [5.41, 5.74) is 0.220. The number of hydrogen-bond donors (Lipinski definition) is 0. The first-order chi connectivity index (χ1) is 13.0. The number of para-hydroxylation sites is 1. The Morgan fingerprint density at radius 3 is 2.74 bits per heavy atom. The smallest absolute Gasteiger partial charge is 0.325 e. The standard InChI is InChI=1S/C19H24FN3O4/c1-2-27-18(25)14-6-5-9-21(12-14)17(24)13-22-10-11-23(19(22)26)16-8-4-3-7-15(16)20/h3-4,7-8,14H,2,5-6,9-13H2,1H3. The summed E-state index contributed by atoms with van der Waals surface area (Å²) in [7, 11) is 0. The molecule has 2 aliphatic rings. The van der Waals surface area contributed by atoms with E-state index in [1.807, 2.05) is 0 Å². The zero-order valence-corrected chi connectivity index (χ0v) is 15.4. The van der Waals surface area contributed by atoms with Gasteiger partial charge in [-0.05, 0) is 31.9 Å². The molecule has 2 heterocycles. The molecule has 3 rings (SSSR count). The van der Waals surface area contributed by atoms with Crippen molar-refractivity contribution in [1.82, 2.24) is 9.80 Å². The average Bonchev–Trinajstić information content (AvgIpc) is 3.03. The van der Waals surface area contributed by atoms with Gasteiger partial charge in [-0.15, -0.1) is 0 Å². The fourth-order valence-corrected chi connectivity index (χ4v) is 3.54. The Balaban J connectivity index is 1.59. The number of likely N-dealkylation sites (tertiary alicyclic amines) is 1. The lowest BCUT2D eigenvalue weighted by Crippen LogP contribution is -2.47. The van der Waals surface area contributed by atoms with E-state index in [0.717, 1.165) is 6.42 Å². The van der Waals surface area contributed by atoms with Crippen molar-refractivity contribution in [3.8, 4) is 0 Å². The Labute approximate surface area is 157 Å². The summed E-state index contributed by atoms with van der Waals surface area (Å²) in [6.07, 6.45) is 1.43. The summed E-state index contributed by atoms with van der Waals surface area (Å²) >= 11 is 0. The molecule has 0 N–H and O–H groups in total. The van der Waals surface area contributed by atoms with Gasteiger partial charge in [-0.1, -0.05) is 12.1 Å². The first-order valence-corrected chi connectivity index (χ1v) is 9.26. The van der Waals surface area contributed by atoms with E-state index in [0.29, 0.717) is 39.2 Å². The van der Waals surface area contributed by atoms with Crippen LogP contribution in [0.15, 0.2) is 24.3 Å². The quantitative estimate of drug-likeness (QED) is 0.735. The fraction of sp³-hybridized carbons (Fsp3) is 0.526. The zero-order valence-electron chi connectivity index (χ0n) is 15.4. The molecule has 1 atom stereocenters. The van der Waals surface area contributed by atoms with Crippen LogP contribution in [0.2, 0.25) is 0 Å². The van der Waals surface area contributed by atoms with Crippen LogP contribution in [0.25, 0.3) is 0 Å². The number of halogens is 1. The maximum atomic E-state index is 13.9. The van der Waals surface area contributed by atoms with Crippen molar-refractivity contribution in [2.24, 2.45) is 5.92 Å². The monoisotopic (exact) mass is 377 g/mol. The summed E-state index contributed by atoms with van der Waals surface area (Å²) < 4.78 is 19.0. The molecule has 0 aliphatic carbocycles. The molecule has 146 valence electrons. The van der Waals surface area contributed by atoms with Crippen LogP contribution in [-0.2, 0) is 14.3 Å². The van der Waals surface area contributed by atoms with E-state index in [4.69, 9.17) is 4.74 Å². The predicted molar refractivity (Wildman–Crippen MR) is 96.7 cm³/mol. The Bertz CT molecular complexity index is 727. The van der Waals surface area contributed by atoms with Crippen LogP contribution in [-0.4, -0.2) is 67.0 Å². The molecule has 0 spiro atoms. The van der Waals surface area contributed by atoms with Crippen LogP contribution in [0.3, 0.4) is 0 Å². The van der Waals surface area contributed by atoms with Crippen molar-refractivity contribution in [2.45, 2.75) is 19.8 Å². The van der Waals surface area contributed by atoms with Gasteiger partial charge in [0.05, 0.1) is 18.2 Å². The lowest BCUT2D eigenvalue weighted by Gasteiger charge is -2.32. The van der Waals surface area contributed by atoms with Crippen LogP contribution in [0.1, 0.15) is 19.8 Å². The highest BCUT2D eigenvalue weighted by Crippen LogP contribution is 2.24. The summed E-state index contributed by atoms with van der Waals surface area (Å²) in [5.74, 6) is -1.26. The van der Waals surface area contributed by atoms with Crippen molar-refractivity contribution in [1.29, 1.82) is 0 Å². The first kappa shape index (κ1) is 19.1. The van der Waals surface area contributed by atoms with Crippen LogP contribution >= 0.6 is 0 Å². The Morgan fingerprint density at radius 2 is 2.00 bits per heavy atom. The first-order valence-electron chi connectivity index (χ1n) is 9.26. The molecule has 0 bridgehead atoms. The largest absolute Gasteiger partial charge is 0.466 e. The van der Waals surface area contributed by atoms with Gasteiger partial charge in [-0.25, -0.2) is 9.18 Å². The number of esters is 1. The maximum absolute atomic E-state index is 13.9. The number of piperidine rings is 1. The number of carbonyl (C=O) groups excluding carboxylic acids is 3. The molecular formula is C19H24FN3O4. The fourth-order valence-electron chi connectivity index (χ4n) is 3.54. The lowest BCUT2D eigenvalue weighted by molar-refractivity contribution is -0.151. The molecule has 1 aromatic carbocycles. The van der Waals surface area contributed by atoms with Crippen LogP contribution < -0.4 is 4.90 Å². The van der Waals surface area contributed by atoms with Crippen molar-refractivity contribution in [2.75, 3.05) is 44.2 Å². The van der Waals surface area contributed by atoms with E-state index in [1.54, 1.807) is 30.0 Å².